The SMILES string of the molecule is CCCCCCC(=O)N1CCN(C(=O)CC2CCCC2)C[C@H]1C(C)=O. The lowest BCUT2D eigenvalue weighted by atomic mass is 10.0. The van der Waals surface area contributed by atoms with E-state index in [0.29, 0.717) is 38.4 Å². The molecule has 25 heavy (non-hydrogen) atoms. The highest BCUT2D eigenvalue weighted by Crippen LogP contribution is 2.28. The summed E-state index contributed by atoms with van der Waals surface area (Å²) in [5, 5.41) is 0. The van der Waals surface area contributed by atoms with Gasteiger partial charge in [0.05, 0.1) is 0 Å². The van der Waals surface area contributed by atoms with Gasteiger partial charge in [-0.1, -0.05) is 39.0 Å². The first-order chi connectivity index (χ1) is 12.0. The van der Waals surface area contributed by atoms with Crippen LogP contribution in [0.3, 0.4) is 0 Å². The van der Waals surface area contributed by atoms with Crippen molar-refractivity contribution in [2.24, 2.45) is 5.92 Å². The molecule has 1 atom stereocenters. The molecule has 0 radical (unpaired) electrons. The minimum absolute atomic E-state index is 0.0136. The molecule has 0 bridgehead atoms. The lowest BCUT2D eigenvalue weighted by Gasteiger charge is -2.40. The highest BCUT2D eigenvalue weighted by Gasteiger charge is 2.35. The Hall–Kier alpha value is -1.39. The van der Waals surface area contributed by atoms with E-state index in [9.17, 15) is 14.4 Å². The summed E-state index contributed by atoms with van der Waals surface area (Å²) in [5.41, 5.74) is 0. The maximum Gasteiger partial charge on any atom is 0.223 e. The number of nitrogens with zero attached hydrogens (tertiary/aromatic N) is 2. The molecule has 0 aromatic heterocycles. The van der Waals surface area contributed by atoms with E-state index in [4.69, 9.17) is 0 Å². The highest BCUT2D eigenvalue weighted by atomic mass is 16.2. The van der Waals surface area contributed by atoms with E-state index >= 15 is 0 Å². The highest BCUT2D eigenvalue weighted by molar-refractivity contribution is 5.89. The number of piperazine rings is 1. The number of hydrogen-bond acceptors (Lipinski definition) is 3. The van der Waals surface area contributed by atoms with Crippen LogP contribution in [0.25, 0.3) is 0 Å². The standard InChI is InChI=1S/C20H34N2O3/c1-3-4-5-6-11-19(24)22-13-12-21(15-18(22)16(2)23)20(25)14-17-9-7-8-10-17/h17-18H,3-15H2,1-2H3/t18-/m0/s1. The van der Waals surface area contributed by atoms with Crippen LogP contribution in [0.1, 0.15) is 78.1 Å². The van der Waals surface area contributed by atoms with E-state index in [1.165, 1.54) is 19.8 Å². The third kappa shape index (κ3) is 5.82. The van der Waals surface area contributed by atoms with Crippen LogP contribution < -0.4 is 0 Å². The summed E-state index contributed by atoms with van der Waals surface area (Å²) in [4.78, 5) is 40.7. The molecule has 1 saturated heterocycles. The van der Waals surface area contributed by atoms with Crippen LogP contribution in [0, 0.1) is 5.92 Å². The Bertz CT molecular complexity index is 472. The molecule has 2 aliphatic rings. The minimum Gasteiger partial charge on any atom is -0.338 e. The van der Waals surface area contributed by atoms with Crippen LogP contribution in [0.15, 0.2) is 0 Å². The Morgan fingerprint density at radius 1 is 0.960 bits per heavy atom. The summed E-state index contributed by atoms with van der Waals surface area (Å²) >= 11 is 0. The minimum atomic E-state index is -0.458. The molecule has 1 aliphatic heterocycles. The van der Waals surface area contributed by atoms with E-state index < -0.39 is 6.04 Å². The topological polar surface area (TPSA) is 57.7 Å². The van der Waals surface area contributed by atoms with E-state index in [1.807, 2.05) is 4.90 Å². The van der Waals surface area contributed by atoms with E-state index in [1.54, 1.807) is 4.90 Å². The van der Waals surface area contributed by atoms with Crippen LogP contribution >= 0.6 is 0 Å². The zero-order valence-corrected chi connectivity index (χ0v) is 16.0. The molecule has 1 aliphatic carbocycles. The monoisotopic (exact) mass is 350 g/mol. The first-order valence-electron chi connectivity index (χ1n) is 10.1. The fraction of sp³-hybridized carbons (Fsp3) is 0.850. The fourth-order valence-electron chi connectivity index (χ4n) is 4.09. The molecule has 0 unspecified atom stereocenters. The van der Waals surface area contributed by atoms with Crippen molar-refractivity contribution >= 4 is 17.6 Å². The van der Waals surface area contributed by atoms with Crippen LogP contribution in [0.5, 0.6) is 0 Å². The maximum absolute atomic E-state index is 12.6. The number of carbonyl (C=O) groups excluding carboxylic acids is 3. The maximum atomic E-state index is 12.6. The molecule has 142 valence electrons. The number of Topliss-reactive ketones (excluding diaryl/α,β-unsaturated/α-hetero) is 1. The largest absolute Gasteiger partial charge is 0.338 e. The molecule has 0 N–H and O–H groups in total. The number of unbranched alkanes of at least 4 members (excludes halogenated alkanes) is 3. The summed E-state index contributed by atoms with van der Waals surface area (Å²) in [6, 6.07) is -0.458. The smallest absolute Gasteiger partial charge is 0.223 e. The van der Waals surface area contributed by atoms with Crippen LogP contribution in [-0.2, 0) is 14.4 Å². The molecular formula is C20H34N2O3. The van der Waals surface area contributed by atoms with Crippen molar-refractivity contribution in [3.8, 4) is 0 Å². The first kappa shape index (κ1) is 19.9. The first-order valence-corrected chi connectivity index (χ1v) is 10.1. The number of ketones is 1. The van der Waals surface area contributed by atoms with Crippen LogP contribution in [0.2, 0.25) is 0 Å². The number of rotatable bonds is 8. The molecule has 0 aromatic rings. The quantitative estimate of drug-likeness (QED) is 0.632. The number of hydrogen-bond donors (Lipinski definition) is 0. The Morgan fingerprint density at radius 3 is 2.32 bits per heavy atom. The fourth-order valence-corrected chi connectivity index (χ4v) is 4.09. The van der Waals surface area contributed by atoms with Crippen molar-refractivity contribution in [2.45, 2.75) is 84.1 Å². The molecule has 0 spiro atoms. The van der Waals surface area contributed by atoms with Gasteiger partial charge >= 0.3 is 0 Å². The number of carbonyl (C=O) groups is 3. The van der Waals surface area contributed by atoms with Crippen molar-refractivity contribution in [3.63, 3.8) is 0 Å². The lowest BCUT2D eigenvalue weighted by molar-refractivity contribution is -0.147. The molecule has 5 heteroatoms. The van der Waals surface area contributed by atoms with Crippen molar-refractivity contribution < 1.29 is 14.4 Å². The summed E-state index contributed by atoms with van der Waals surface area (Å²) in [7, 11) is 0. The predicted molar refractivity (Wildman–Crippen MR) is 98.1 cm³/mol. The Morgan fingerprint density at radius 2 is 1.68 bits per heavy atom. The molecule has 5 nitrogen and oxygen atoms in total. The van der Waals surface area contributed by atoms with Crippen molar-refractivity contribution in [1.82, 2.24) is 9.80 Å². The Balaban J connectivity index is 1.87. The molecule has 1 saturated carbocycles. The van der Waals surface area contributed by atoms with Crippen molar-refractivity contribution in [3.05, 3.63) is 0 Å². The third-order valence-corrected chi connectivity index (χ3v) is 5.70. The summed E-state index contributed by atoms with van der Waals surface area (Å²) in [6.07, 6.45) is 10.1. The normalized spacial score (nSPS) is 21.6. The Kier molecular flexibility index (Phi) is 7.91. The van der Waals surface area contributed by atoms with Gasteiger partial charge in [-0.3, -0.25) is 14.4 Å². The van der Waals surface area contributed by atoms with E-state index in [-0.39, 0.29) is 17.6 Å². The van der Waals surface area contributed by atoms with Crippen LogP contribution in [0.4, 0.5) is 0 Å². The second kappa shape index (κ2) is 9.93. The van der Waals surface area contributed by atoms with Gasteiger partial charge < -0.3 is 9.80 Å². The number of amides is 2. The third-order valence-electron chi connectivity index (χ3n) is 5.70. The van der Waals surface area contributed by atoms with E-state index in [2.05, 4.69) is 6.92 Å². The molecule has 2 fully saturated rings. The summed E-state index contributed by atoms with van der Waals surface area (Å²) in [6.45, 7) is 5.12. The molecular weight excluding hydrogens is 316 g/mol. The average Bonchev–Trinajstić information content (AvgIpc) is 3.10. The molecule has 2 rings (SSSR count). The van der Waals surface area contributed by atoms with Crippen molar-refractivity contribution in [2.75, 3.05) is 19.6 Å². The second-order valence-electron chi connectivity index (χ2n) is 7.72. The van der Waals surface area contributed by atoms with Gasteiger partial charge in [-0.15, -0.1) is 0 Å². The van der Waals surface area contributed by atoms with Crippen LogP contribution in [-0.4, -0.2) is 53.1 Å². The van der Waals surface area contributed by atoms with Gasteiger partial charge in [0.15, 0.2) is 5.78 Å². The van der Waals surface area contributed by atoms with Gasteiger partial charge in [0.25, 0.3) is 0 Å². The second-order valence-corrected chi connectivity index (χ2v) is 7.72. The predicted octanol–water partition coefficient (Wildman–Crippen LogP) is 3.17. The van der Waals surface area contributed by atoms with Crippen molar-refractivity contribution in [1.29, 1.82) is 0 Å². The Labute approximate surface area is 152 Å². The zero-order valence-electron chi connectivity index (χ0n) is 16.0. The lowest BCUT2D eigenvalue weighted by Crippen LogP contribution is -2.59. The molecule has 0 aromatic carbocycles. The van der Waals surface area contributed by atoms with Gasteiger partial charge in [-0.05, 0) is 32.1 Å². The molecule has 1 heterocycles. The van der Waals surface area contributed by atoms with Gasteiger partial charge in [-0.25, -0.2) is 0 Å². The summed E-state index contributed by atoms with van der Waals surface area (Å²) in [5.74, 6) is 0.731. The average molecular weight is 351 g/mol. The van der Waals surface area contributed by atoms with Gasteiger partial charge in [-0.2, -0.15) is 0 Å². The molecule has 2 amide bonds. The summed E-state index contributed by atoms with van der Waals surface area (Å²) < 4.78 is 0. The van der Waals surface area contributed by atoms with Gasteiger partial charge in [0, 0.05) is 32.5 Å². The van der Waals surface area contributed by atoms with Gasteiger partial charge in [0.1, 0.15) is 6.04 Å². The zero-order chi connectivity index (χ0) is 18.2. The van der Waals surface area contributed by atoms with Gasteiger partial charge in [0.2, 0.25) is 11.8 Å². The van der Waals surface area contributed by atoms with E-state index in [0.717, 1.165) is 38.5 Å².